The van der Waals surface area contributed by atoms with Crippen molar-refractivity contribution in [3.8, 4) is 6.07 Å². The molecule has 2 rings (SSSR count). The van der Waals surface area contributed by atoms with E-state index in [1.807, 2.05) is 25.1 Å². The number of hydrogen-bond acceptors (Lipinski definition) is 3. The molecule has 0 fully saturated rings. The highest BCUT2D eigenvalue weighted by molar-refractivity contribution is 6.25. The van der Waals surface area contributed by atoms with Crippen LogP contribution in [0, 0.1) is 18.3 Å². The van der Waals surface area contributed by atoms with Crippen LogP contribution in [-0.2, 0) is 9.59 Å². The molecule has 18 heavy (non-hydrogen) atoms. The minimum absolute atomic E-state index is 0.0675. The van der Waals surface area contributed by atoms with Gasteiger partial charge in [0.05, 0.1) is 12.1 Å². The molecular formula is C14H12N2O2. The summed E-state index contributed by atoms with van der Waals surface area (Å²) < 4.78 is 0. The van der Waals surface area contributed by atoms with Gasteiger partial charge in [-0.3, -0.25) is 9.59 Å². The summed E-state index contributed by atoms with van der Waals surface area (Å²) in [7, 11) is 0. The fourth-order valence-electron chi connectivity index (χ4n) is 2.00. The van der Waals surface area contributed by atoms with Crippen LogP contribution >= 0.6 is 0 Å². The average molecular weight is 240 g/mol. The maximum Gasteiger partial charge on any atom is 0.275 e. The maximum absolute atomic E-state index is 12.2. The lowest BCUT2D eigenvalue weighted by Crippen LogP contribution is -2.41. The zero-order valence-electron chi connectivity index (χ0n) is 10.2. The van der Waals surface area contributed by atoms with E-state index in [1.54, 1.807) is 19.1 Å². The van der Waals surface area contributed by atoms with Gasteiger partial charge in [0.15, 0.2) is 0 Å². The summed E-state index contributed by atoms with van der Waals surface area (Å²) in [6.07, 6.45) is 0.114. The Balaban J connectivity index is 2.54. The number of nitriles is 1. The van der Waals surface area contributed by atoms with E-state index in [1.165, 1.54) is 0 Å². The number of hydrogen-bond donors (Lipinski definition) is 0. The average Bonchev–Trinajstić information content (AvgIpc) is 2.31. The normalized spacial score (nSPS) is 15.9. The van der Waals surface area contributed by atoms with Crippen molar-refractivity contribution in [3.63, 3.8) is 0 Å². The highest BCUT2D eigenvalue weighted by Crippen LogP contribution is 2.27. The molecule has 1 aromatic carbocycles. The smallest absolute Gasteiger partial charge is 0.274 e. The topological polar surface area (TPSA) is 61.2 Å². The number of benzene rings is 1. The third-order valence-corrected chi connectivity index (χ3v) is 2.98. The summed E-state index contributed by atoms with van der Waals surface area (Å²) in [6, 6.07) is 9.02. The summed E-state index contributed by atoms with van der Waals surface area (Å²) >= 11 is 0. The molecule has 0 aromatic heterocycles. The molecule has 0 saturated heterocycles. The van der Waals surface area contributed by atoms with Gasteiger partial charge in [0, 0.05) is 0 Å². The number of rotatable bonds is 1. The van der Waals surface area contributed by atoms with Crippen molar-refractivity contribution in [3.05, 3.63) is 41.0 Å². The zero-order chi connectivity index (χ0) is 13.3. The minimum atomic E-state index is -0.527. The standard InChI is InChI=1S/C14H12N2O2/c1-9-5-3-4-6-12(9)16-13(17)7-10(2)11(8-15)14(16)18/h3-6H,7H2,1-2H3. The number of nitrogens with zero attached hydrogens (tertiary/aromatic N) is 2. The summed E-state index contributed by atoms with van der Waals surface area (Å²) in [5.41, 5.74) is 1.99. The Morgan fingerprint density at radius 3 is 2.50 bits per heavy atom. The molecule has 0 unspecified atom stereocenters. The van der Waals surface area contributed by atoms with Gasteiger partial charge in [-0.2, -0.15) is 5.26 Å². The van der Waals surface area contributed by atoms with Crippen LogP contribution in [0.3, 0.4) is 0 Å². The monoisotopic (exact) mass is 240 g/mol. The van der Waals surface area contributed by atoms with Gasteiger partial charge in [0.25, 0.3) is 5.91 Å². The molecule has 4 nitrogen and oxygen atoms in total. The molecule has 0 N–H and O–H groups in total. The van der Waals surface area contributed by atoms with Crippen LogP contribution in [0.2, 0.25) is 0 Å². The lowest BCUT2D eigenvalue weighted by molar-refractivity contribution is -0.125. The van der Waals surface area contributed by atoms with Crippen LogP contribution in [0.4, 0.5) is 5.69 Å². The lowest BCUT2D eigenvalue weighted by Gasteiger charge is -2.26. The van der Waals surface area contributed by atoms with Gasteiger partial charge in [0.2, 0.25) is 5.91 Å². The van der Waals surface area contributed by atoms with Crippen molar-refractivity contribution in [1.29, 1.82) is 5.26 Å². The Morgan fingerprint density at radius 2 is 1.89 bits per heavy atom. The van der Waals surface area contributed by atoms with Crippen LogP contribution in [0.25, 0.3) is 0 Å². The molecule has 0 radical (unpaired) electrons. The number of aryl methyl sites for hydroxylation is 1. The van der Waals surface area contributed by atoms with E-state index in [4.69, 9.17) is 5.26 Å². The van der Waals surface area contributed by atoms with E-state index in [0.717, 1.165) is 10.5 Å². The summed E-state index contributed by atoms with van der Waals surface area (Å²) in [5, 5.41) is 8.99. The fraction of sp³-hybridized carbons (Fsp3) is 0.214. The summed E-state index contributed by atoms with van der Waals surface area (Å²) in [6.45, 7) is 3.47. The van der Waals surface area contributed by atoms with Gasteiger partial charge in [-0.1, -0.05) is 18.2 Å². The van der Waals surface area contributed by atoms with Crippen molar-refractivity contribution in [1.82, 2.24) is 0 Å². The zero-order valence-corrected chi connectivity index (χ0v) is 10.2. The summed E-state index contributed by atoms with van der Waals surface area (Å²) in [5.74, 6) is -0.814. The molecule has 0 aliphatic carbocycles. The first-order chi connectivity index (χ1) is 8.56. The van der Waals surface area contributed by atoms with E-state index < -0.39 is 5.91 Å². The van der Waals surface area contributed by atoms with Gasteiger partial charge in [-0.25, -0.2) is 4.90 Å². The van der Waals surface area contributed by atoms with Gasteiger partial charge in [-0.05, 0) is 31.1 Å². The second-order valence-corrected chi connectivity index (χ2v) is 4.26. The van der Waals surface area contributed by atoms with Gasteiger partial charge < -0.3 is 0 Å². The third kappa shape index (κ3) is 1.80. The molecule has 1 aromatic rings. The number of amides is 2. The van der Waals surface area contributed by atoms with E-state index >= 15 is 0 Å². The van der Waals surface area contributed by atoms with E-state index in [2.05, 4.69) is 0 Å². The van der Waals surface area contributed by atoms with Crippen LogP contribution in [-0.4, -0.2) is 11.8 Å². The molecule has 2 amide bonds. The first kappa shape index (κ1) is 12.1. The molecule has 0 bridgehead atoms. The highest BCUT2D eigenvalue weighted by Gasteiger charge is 2.33. The number of carbonyl (C=O) groups is 2. The van der Waals surface area contributed by atoms with E-state index in [-0.39, 0.29) is 17.9 Å². The lowest BCUT2D eigenvalue weighted by atomic mass is 9.99. The van der Waals surface area contributed by atoms with Crippen LogP contribution in [0.1, 0.15) is 18.9 Å². The molecule has 0 atom stereocenters. The second kappa shape index (κ2) is 4.46. The molecule has 4 heteroatoms. The molecular weight excluding hydrogens is 228 g/mol. The Bertz CT molecular complexity index is 608. The largest absolute Gasteiger partial charge is 0.275 e. The predicted octanol–water partition coefficient (Wildman–Crippen LogP) is 2.10. The fourth-order valence-corrected chi connectivity index (χ4v) is 2.00. The van der Waals surface area contributed by atoms with Crippen LogP contribution in [0.15, 0.2) is 35.4 Å². The molecule has 90 valence electrons. The van der Waals surface area contributed by atoms with Crippen molar-refractivity contribution >= 4 is 17.5 Å². The Labute approximate surface area is 105 Å². The number of anilines is 1. The van der Waals surface area contributed by atoms with Crippen molar-refractivity contribution in [2.45, 2.75) is 20.3 Å². The predicted molar refractivity (Wildman–Crippen MR) is 66.6 cm³/mol. The SMILES string of the molecule is CC1=C(C#N)C(=O)N(c2ccccc2C)C(=O)C1. The molecule has 0 spiro atoms. The van der Waals surface area contributed by atoms with E-state index in [0.29, 0.717) is 11.3 Å². The maximum atomic E-state index is 12.2. The van der Waals surface area contributed by atoms with Crippen LogP contribution in [0.5, 0.6) is 0 Å². The number of carbonyl (C=O) groups excluding carboxylic acids is 2. The Morgan fingerprint density at radius 1 is 1.22 bits per heavy atom. The summed E-state index contributed by atoms with van der Waals surface area (Å²) in [4.78, 5) is 25.2. The number of para-hydroxylation sites is 1. The van der Waals surface area contributed by atoms with Gasteiger partial charge >= 0.3 is 0 Å². The van der Waals surface area contributed by atoms with Crippen molar-refractivity contribution in [2.75, 3.05) is 4.90 Å². The minimum Gasteiger partial charge on any atom is -0.274 e. The Hall–Kier alpha value is -2.41. The first-order valence-corrected chi connectivity index (χ1v) is 5.59. The molecule has 1 aliphatic rings. The highest BCUT2D eigenvalue weighted by atomic mass is 16.2. The quantitative estimate of drug-likeness (QED) is 0.706. The first-order valence-electron chi connectivity index (χ1n) is 5.59. The number of imide groups is 1. The Kier molecular flexibility index (Phi) is 2.99. The second-order valence-electron chi connectivity index (χ2n) is 4.26. The van der Waals surface area contributed by atoms with Gasteiger partial charge in [-0.15, -0.1) is 0 Å². The van der Waals surface area contributed by atoms with Crippen LogP contribution < -0.4 is 4.90 Å². The van der Waals surface area contributed by atoms with Gasteiger partial charge in [0.1, 0.15) is 11.6 Å². The van der Waals surface area contributed by atoms with Crippen molar-refractivity contribution in [2.24, 2.45) is 0 Å². The van der Waals surface area contributed by atoms with E-state index in [9.17, 15) is 9.59 Å². The third-order valence-electron chi connectivity index (χ3n) is 2.98. The molecule has 0 saturated carbocycles. The van der Waals surface area contributed by atoms with Crippen molar-refractivity contribution < 1.29 is 9.59 Å². The molecule has 1 aliphatic heterocycles. The molecule has 1 heterocycles.